The predicted octanol–water partition coefficient (Wildman–Crippen LogP) is 1.66. The van der Waals surface area contributed by atoms with E-state index in [1.807, 2.05) is 13.8 Å². The standard InChI is InChI=1S/C14H30N2O2/c1-5-14(4,6-7-17)16-13(18)9-12(10-15)8-11(2)3/h11-12,17H,5-10,15H2,1-4H3,(H,16,18)/t12-,14?/m0/s1. The summed E-state index contributed by atoms with van der Waals surface area (Å²) in [6.07, 6.45) is 2.87. The van der Waals surface area contributed by atoms with E-state index < -0.39 is 0 Å². The van der Waals surface area contributed by atoms with Crippen LogP contribution in [0.1, 0.15) is 53.4 Å². The van der Waals surface area contributed by atoms with Crippen LogP contribution in [-0.2, 0) is 4.79 Å². The summed E-state index contributed by atoms with van der Waals surface area (Å²) in [5.41, 5.74) is 5.40. The highest BCUT2D eigenvalue weighted by Crippen LogP contribution is 2.17. The molecule has 0 spiro atoms. The Bertz CT molecular complexity index is 244. The number of carbonyl (C=O) groups is 1. The number of nitrogens with two attached hydrogens (primary N) is 1. The second-order valence-electron chi connectivity index (χ2n) is 5.87. The van der Waals surface area contributed by atoms with Gasteiger partial charge in [-0.2, -0.15) is 0 Å². The van der Waals surface area contributed by atoms with Gasteiger partial charge in [-0.15, -0.1) is 0 Å². The Morgan fingerprint density at radius 2 is 2.06 bits per heavy atom. The number of hydrogen-bond donors (Lipinski definition) is 3. The van der Waals surface area contributed by atoms with Crippen LogP contribution in [-0.4, -0.2) is 29.7 Å². The highest BCUT2D eigenvalue weighted by molar-refractivity contribution is 5.77. The second-order valence-corrected chi connectivity index (χ2v) is 5.87. The first-order valence-electron chi connectivity index (χ1n) is 6.98. The lowest BCUT2D eigenvalue weighted by Crippen LogP contribution is -2.47. The normalized spacial score (nSPS) is 16.4. The molecule has 0 aliphatic heterocycles. The van der Waals surface area contributed by atoms with Crippen molar-refractivity contribution < 1.29 is 9.90 Å². The van der Waals surface area contributed by atoms with Crippen LogP contribution in [0.3, 0.4) is 0 Å². The number of carbonyl (C=O) groups excluding carboxylic acids is 1. The Morgan fingerprint density at radius 1 is 1.44 bits per heavy atom. The highest BCUT2D eigenvalue weighted by atomic mass is 16.3. The molecule has 4 nitrogen and oxygen atoms in total. The van der Waals surface area contributed by atoms with Crippen LogP contribution in [0, 0.1) is 11.8 Å². The summed E-state index contributed by atoms with van der Waals surface area (Å²) in [6.45, 7) is 8.92. The van der Waals surface area contributed by atoms with Gasteiger partial charge in [0, 0.05) is 18.6 Å². The summed E-state index contributed by atoms with van der Waals surface area (Å²) in [5, 5.41) is 12.0. The van der Waals surface area contributed by atoms with Gasteiger partial charge in [-0.25, -0.2) is 0 Å². The first-order valence-corrected chi connectivity index (χ1v) is 6.98. The van der Waals surface area contributed by atoms with Gasteiger partial charge in [-0.3, -0.25) is 4.79 Å². The van der Waals surface area contributed by atoms with Gasteiger partial charge in [0.05, 0.1) is 0 Å². The molecule has 0 radical (unpaired) electrons. The monoisotopic (exact) mass is 258 g/mol. The Morgan fingerprint density at radius 3 is 2.44 bits per heavy atom. The fraction of sp³-hybridized carbons (Fsp3) is 0.929. The SMILES string of the molecule is CCC(C)(CCO)NC(=O)C[C@@H](CN)CC(C)C. The van der Waals surface area contributed by atoms with Crippen molar-refractivity contribution in [1.82, 2.24) is 5.32 Å². The van der Waals surface area contributed by atoms with E-state index in [0.29, 0.717) is 25.3 Å². The van der Waals surface area contributed by atoms with Crippen LogP contribution in [0.25, 0.3) is 0 Å². The Kier molecular flexibility index (Phi) is 8.20. The van der Waals surface area contributed by atoms with Crippen molar-refractivity contribution >= 4 is 5.91 Å². The number of hydrogen-bond acceptors (Lipinski definition) is 3. The molecular weight excluding hydrogens is 228 g/mol. The fourth-order valence-corrected chi connectivity index (χ4v) is 2.15. The van der Waals surface area contributed by atoms with Gasteiger partial charge in [-0.05, 0) is 44.6 Å². The quantitative estimate of drug-likeness (QED) is 0.589. The van der Waals surface area contributed by atoms with Crippen LogP contribution in [0.2, 0.25) is 0 Å². The molecule has 0 fully saturated rings. The molecule has 0 aliphatic rings. The Labute approximate surface area is 111 Å². The van der Waals surface area contributed by atoms with Gasteiger partial charge in [0.1, 0.15) is 0 Å². The lowest BCUT2D eigenvalue weighted by atomic mass is 9.91. The van der Waals surface area contributed by atoms with Crippen LogP contribution in [0.15, 0.2) is 0 Å². The summed E-state index contributed by atoms with van der Waals surface area (Å²) >= 11 is 0. The van der Waals surface area contributed by atoms with Crippen molar-refractivity contribution in [3.05, 3.63) is 0 Å². The van der Waals surface area contributed by atoms with E-state index in [2.05, 4.69) is 19.2 Å². The minimum atomic E-state index is -0.303. The zero-order valence-corrected chi connectivity index (χ0v) is 12.3. The molecule has 0 aromatic rings. The van der Waals surface area contributed by atoms with E-state index in [1.165, 1.54) is 0 Å². The number of rotatable bonds is 9. The van der Waals surface area contributed by atoms with Gasteiger partial charge in [0.25, 0.3) is 0 Å². The van der Waals surface area contributed by atoms with E-state index in [1.54, 1.807) is 0 Å². The maximum Gasteiger partial charge on any atom is 0.220 e. The lowest BCUT2D eigenvalue weighted by molar-refractivity contribution is -0.124. The number of aliphatic hydroxyl groups excluding tert-OH is 1. The maximum atomic E-state index is 12.0. The second kappa shape index (κ2) is 8.48. The van der Waals surface area contributed by atoms with Crippen molar-refractivity contribution in [2.24, 2.45) is 17.6 Å². The first-order chi connectivity index (χ1) is 8.36. The third-order valence-electron chi connectivity index (χ3n) is 3.50. The molecule has 0 heterocycles. The van der Waals surface area contributed by atoms with Gasteiger partial charge >= 0.3 is 0 Å². The molecule has 2 atom stereocenters. The molecule has 1 unspecified atom stereocenters. The van der Waals surface area contributed by atoms with E-state index in [-0.39, 0.29) is 24.0 Å². The average Bonchev–Trinajstić information content (AvgIpc) is 2.27. The largest absolute Gasteiger partial charge is 0.396 e. The molecule has 0 saturated carbocycles. The van der Waals surface area contributed by atoms with E-state index in [4.69, 9.17) is 10.8 Å². The van der Waals surface area contributed by atoms with Crippen molar-refractivity contribution in [3.63, 3.8) is 0 Å². The van der Waals surface area contributed by atoms with Crippen LogP contribution < -0.4 is 11.1 Å². The Hall–Kier alpha value is -0.610. The molecule has 0 aliphatic carbocycles. The van der Waals surface area contributed by atoms with E-state index in [0.717, 1.165) is 12.8 Å². The molecular formula is C14H30N2O2. The van der Waals surface area contributed by atoms with Crippen LogP contribution in [0.5, 0.6) is 0 Å². The molecule has 0 aromatic carbocycles. The summed E-state index contributed by atoms with van der Waals surface area (Å²) in [7, 11) is 0. The Balaban J connectivity index is 4.30. The van der Waals surface area contributed by atoms with E-state index >= 15 is 0 Å². The number of nitrogens with one attached hydrogen (secondary N) is 1. The molecule has 108 valence electrons. The lowest BCUT2D eigenvalue weighted by Gasteiger charge is -2.30. The summed E-state index contributed by atoms with van der Waals surface area (Å²) < 4.78 is 0. The molecule has 0 aromatic heterocycles. The third-order valence-corrected chi connectivity index (χ3v) is 3.50. The van der Waals surface area contributed by atoms with Crippen molar-refractivity contribution in [2.75, 3.05) is 13.2 Å². The van der Waals surface area contributed by atoms with Gasteiger partial charge in [0.15, 0.2) is 0 Å². The number of amides is 1. The summed E-state index contributed by atoms with van der Waals surface area (Å²) in [4.78, 5) is 12.0. The van der Waals surface area contributed by atoms with Gasteiger partial charge in [0.2, 0.25) is 5.91 Å². The fourth-order valence-electron chi connectivity index (χ4n) is 2.15. The predicted molar refractivity (Wildman–Crippen MR) is 75.2 cm³/mol. The first kappa shape index (κ1) is 17.4. The summed E-state index contributed by atoms with van der Waals surface area (Å²) in [6, 6.07) is 0. The van der Waals surface area contributed by atoms with Crippen molar-refractivity contribution in [2.45, 2.75) is 58.9 Å². The zero-order valence-electron chi connectivity index (χ0n) is 12.3. The molecule has 0 bridgehead atoms. The molecule has 0 rings (SSSR count). The van der Waals surface area contributed by atoms with Crippen molar-refractivity contribution in [1.29, 1.82) is 0 Å². The molecule has 4 heteroatoms. The number of aliphatic hydroxyl groups is 1. The highest BCUT2D eigenvalue weighted by Gasteiger charge is 2.24. The molecule has 18 heavy (non-hydrogen) atoms. The minimum Gasteiger partial charge on any atom is -0.396 e. The zero-order chi connectivity index (χ0) is 14.2. The van der Waals surface area contributed by atoms with E-state index in [9.17, 15) is 4.79 Å². The minimum absolute atomic E-state index is 0.0453. The van der Waals surface area contributed by atoms with Gasteiger partial charge < -0.3 is 16.2 Å². The summed E-state index contributed by atoms with van der Waals surface area (Å²) in [5.74, 6) is 0.852. The maximum absolute atomic E-state index is 12.0. The molecule has 0 saturated heterocycles. The van der Waals surface area contributed by atoms with Crippen LogP contribution >= 0.6 is 0 Å². The van der Waals surface area contributed by atoms with Gasteiger partial charge in [-0.1, -0.05) is 20.8 Å². The molecule has 1 amide bonds. The van der Waals surface area contributed by atoms with Crippen LogP contribution in [0.4, 0.5) is 0 Å². The average molecular weight is 258 g/mol. The third kappa shape index (κ3) is 6.97. The molecule has 4 N–H and O–H groups in total. The smallest absolute Gasteiger partial charge is 0.220 e. The van der Waals surface area contributed by atoms with Crippen molar-refractivity contribution in [3.8, 4) is 0 Å². The topological polar surface area (TPSA) is 75.3 Å².